The van der Waals surface area contributed by atoms with Crippen molar-refractivity contribution in [3.8, 4) is 22.3 Å². The Labute approximate surface area is 208 Å². The van der Waals surface area contributed by atoms with Crippen molar-refractivity contribution in [2.75, 3.05) is 13.1 Å². The molecule has 35 heavy (non-hydrogen) atoms. The molecule has 0 radical (unpaired) electrons. The topological polar surface area (TPSA) is 3.24 Å². The van der Waals surface area contributed by atoms with Gasteiger partial charge in [-0.1, -0.05) is 122 Å². The van der Waals surface area contributed by atoms with Gasteiger partial charge in [-0.2, -0.15) is 0 Å². The van der Waals surface area contributed by atoms with Crippen LogP contribution in [-0.2, 0) is 0 Å². The summed E-state index contributed by atoms with van der Waals surface area (Å²) in [5.41, 5.74) is 7.02. The molecule has 0 heterocycles. The lowest BCUT2D eigenvalue weighted by Crippen LogP contribution is -2.22. The molecule has 0 bridgehead atoms. The summed E-state index contributed by atoms with van der Waals surface area (Å²) in [7, 11) is 0. The minimum absolute atomic E-state index is 0.709. The molecule has 0 aliphatic carbocycles. The van der Waals surface area contributed by atoms with Gasteiger partial charge in [0.25, 0.3) is 0 Å². The molecule has 0 spiro atoms. The molecule has 0 saturated carbocycles. The average Bonchev–Trinajstić information content (AvgIpc) is 2.91. The third-order valence-corrected chi connectivity index (χ3v) is 6.57. The Kier molecular flexibility index (Phi) is 6.32. The third kappa shape index (κ3) is 4.06. The van der Waals surface area contributed by atoms with Gasteiger partial charge < -0.3 is 4.90 Å². The van der Waals surface area contributed by atoms with Crippen LogP contribution in [0.3, 0.4) is 0 Å². The molecule has 0 atom stereocenters. The van der Waals surface area contributed by atoms with Gasteiger partial charge in [0.2, 0.25) is 0 Å². The second kappa shape index (κ2) is 9.87. The van der Waals surface area contributed by atoms with Crippen LogP contribution in [-0.4, -0.2) is 18.0 Å². The fourth-order valence-electron chi connectivity index (χ4n) is 5.07. The maximum atomic E-state index is 4.56. The summed E-state index contributed by atoms with van der Waals surface area (Å²) in [5, 5.41) is 4.94. The lowest BCUT2D eigenvalue weighted by molar-refractivity contribution is 0.489. The van der Waals surface area contributed by atoms with Crippen molar-refractivity contribution in [1.29, 1.82) is 0 Å². The average molecular weight is 452 g/mol. The zero-order valence-corrected chi connectivity index (χ0v) is 20.0. The van der Waals surface area contributed by atoms with E-state index in [0.29, 0.717) is 13.1 Å². The van der Waals surface area contributed by atoms with Crippen LogP contribution in [0.1, 0.15) is 5.56 Å². The lowest BCUT2D eigenvalue weighted by Gasteiger charge is -2.27. The van der Waals surface area contributed by atoms with Crippen molar-refractivity contribution in [2.45, 2.75) is 0 Å². The standard InChI is InChI=1S/C34H29N/c1-4-23-35(24-5-2)25(3)28-21-14-22-31-32(26-15-8-6-9-16-26)29-19-12-13-20-30(29)33(34(28)31)27-17-10-7-11-18-27/h4-22H,1-3,23-24H2. The summed E-state index contributed by atoms with van der Waals surface area (Å²) < 4.78 is 0. The van der Waals surface area contributed by atoms with Crippen molar-refractivity contribution in [3.63, 3.8) is 0 Å². The Bertz CT molecular complexity index is 1520. The summed E-state index contributed by atoms with van der Waals surface area (Å²) in [6, 6.07) is 36.7. The molecular weight excluding hydrogens is 422 g/mol. The maximum absolute atomic E-state index is 4.56. The Balaban J connectivity index is 1.96. The van der Waals surface area contributed by atoms with Crippen molar-refractivity contribution >= 4 is 27.2 Å². The molecule has 0 saturated heterocycles. The minimum atomic E-state index is 0.709. The van der Waals surface area contributed by atoms with Crippen LogP contribution in [0.5, 0.6) is 0 Å². The fourth-order valence-corrected chi connectivity index (χ4v) is 5.07. The van der Waals surface area contributed by atoms with Gasteiger partial charge in [0.1, 0.15) is 0 Å². The second-order valence-corrected chi connectivity index (χ2v) is 8.68. The van der Waals surface area contributed by atoms with E-state index in [1.165, 1.54) is 43.8 Å². The molecule has 0 N–H and O–H groups in total. The number of rotatable bonds is 8. The van der Waals surface area contributed by atoms with Gasteiger partial charge in [-0.25, -0.2) is 0 Å². The molecule has 1 heteroatoms. The first-order valence-corrected chi connectivity index (χ1v) is 12.0. The molecule has 170 valence electrons. The van der Waals surface area contributed by atoms with Gasteiger partial charge in [-0.05, 0) is 38.4 Å². The highest BCUT2D eigenvalue weighted by molar-refractivity contribution is 6.23. The highest BCUT2D eigenvalue weighted by Crippen LogP contribution is 2.46. The molecule has 0 aliphatic heterocycles. The number of hydrogen-bond donors (Lipinski definition) is 0. The van der Waals surface area contributed by atoms with E-state index in [9.17, 15) is 0 Å². The van der Waals surface area contributed by atoms with E-state index in [2.05, 4.69) is 128 Å². The monoisotopic (exact) mass is 451 g/mol. The van der Waals surface area contributed by atoms with E-state index in [1.54, 1.807) is 0 Å². The van der Waals surface area contributed by atoms with Crippen LogP contribution in [0.4, 0.5) is 0 Å². The molecule has 0 fully saturated rings. The molecule has 0 amide bonds. The second-order valence-electron chi connectivity index (χ2n) is 8.68. The Morgan fingerprint density at radius 2 is 1.06 bits per heavy atom. The van der Waals surface area contributed by atoms with Gasteiger partial charge in [0.15, 0.2) is 0 Å². The van der Waals surface area contributed by atoms with Crippen LogP contribution in [0.2, 0.25) is 0 Å². The Morgan fingerprint density at radius 1 is 0.571 bits per heavy atom. The lowest BCUT2D eigenvalue weighted by atomic mass is 9.83. The first-order chi connectivity index (χ1) is 17.2. The highest BCUT2D eigenvalue weighted by atomic mass is 15.1. The highest BCUT2D eigenvalue weighted by Gasteiger charge is 2.20. The summed E-state index contributed by atoms with van der Waals surface area (Å²) in [4.78, 5) is 2.22. The van der Waals surface area contributed by atoms with Crippen molar-refractivity contribution < 1.29 is 0 Å². The van der Waals surface area contributed by atoms with E-state index in [0.717, 1.165) is 11.3 Å². The zero-order chi connectivity index (χ0) is 24.2. The number of benzene rings is 5. The number of fused-ring (bicyclic) bond motifs is 2. The maximum Gasteiger partial charge on any atom is 0.0378 e. The summed E-state index contributed by atoms with van der Waals surface area (Å²) in [6.45, 7) is 13.9. The molecule has 0 aliphatic rings. The zero-order valence-electron chi connectivity index (χ0n) is 20.0. The van der Waals surface area contributed by atoms with Crippen LogP contribution >= 0.6 is 0 Å². The number of nitrogens with zero attached hydrogens (tertiary/aromatic N) is 1. The first-order valence-electron chi connectivity index (χ1n) is 12.0. The van der Waals surface area contributed by atoms with Crippen LogP contribution < -0.4 is 0 Å². The van der Waals surface area contributed by atoms with Crippen molar-refractivity contribution in [3.05, 3.63) is 141 Å². The first kappa shape index (κ1) is 22.4. The normalized spacial score (nSPS) is 10.9. The van der Waals surface area contributed by atoms with Crippen LogP contribution in [0, 0.1) is 0 Å². The van der Waals surface area contributed by atoms with E-state index < -0.39 is 0 Å². The summed E-state index contributed by atoms with van der Waals surface area (Å²) in [6.07, 6.45) is 3.84. The third-order valence-electron chi connectivity index (χ3n) is 6.57. The Hall–Kier alpha value is -4.36. The van der Waals surface area contributed by atoms with E-state index in [1.807, 2.05) is 12.2 Å². The minimum Gasteiger partial charge on any atom is -0.364 e. The van der Waals surface area contributed by atoms with Crippen LogP contribution in [0.15, 0.2) is 135 Å². The molecular formula is C34H29N. The molecule has 5 rings (SSSR count). The Morgan fingerprint density at radius 3 is 1.63 bits per heavy atom. The summed E-state index contributed by atoms with van der Waals surface area (Å²) in [5.74, 6) is 0. The van der Waals surface area contributed by atoms with Crippen LogP contribution in [0.25, 0.3) is 49.5 Å². The van der Waals surface area contributed by atoms with E-state index in [4.69, 9.17) is 0 Å². The predicted molar refractivity (Wildman–Crippen MR) is 153 cm³/mol. The van der Waals surface area contributed by atoms with E-state index in [-0.39, 0.29) is 0 Å². The smallest absolute Gasteiger partial charge is 0.0378 e. The predicted octanol–water partition coefficient (Wildman–Crippen LogP) is 8.97. The van der Waals surface area contributed by atoms with Crippen molar-refractivity contribution in [1.82, 2.24) is 4.90 Å². The largest absolute Gasteiger partial charge is 0.364 e. The van der Waals surface area contributed by atoms with Gasteiger partial charge in [0.05, 0.1) is 0 Å². The molecule has 1 nitrogen and oxygen atoms in total. The SMILES string of the molecule is C=CCN(CC=C)C(=C)c1cccc2c(-c3ccccc3)c3ccccc3c(-c3ccccc3)c12. The number of hydrogen-bond acceptors (Lipinski definition) is 1. The van der Waals surface area contributed by atoms with Gasteiger partial charge >= 0.3 is 0 Å². The molecule has 5 aromatic rings. The van der Waals surface area contributed by atoms with Gasteiger partial charge in [-0.15, -0.1) is 13.2 Å². The summed E-state index contributed by atoms with van der Waals surface area (Å²) >= 11 is 0. The molecule has 5 aromatic carbocycles. The van der Waals surface area contributed by atoms with E-state index >= 15 is 0 Å². The van der Waals surface area contributed by atoms with Gasteiger partial charge in [-0.3, -0.25) is 0 Å². The molecule has 0 unspecified atom stereocenters. The van der Waals surface area contributed by atoms with Gasteiger partial charge in [0, 0.05) is 29.7 Å². The quantitative estimate of drug-likeness (QED) is 0.168. The fraction of sp³-hybridized carbons (Fsp3) is 0.0588. The molecule has 0 aromatic heterocycles. The van der Waals surface area contributed by atoms with Crippen molar-refractivity contribution in [2.24, 2.45) is 0 Å².